The summed E-state index contributed by atoms with van der Waals surface area (Å²) in [6.45, 7) is 3.54. The summed E-state index contributed by atoms with van der Waals surface area (Å²) in [4.78, 5) is 0. The number of benzene rings is 2. The monoisotopic (exact) mass is 304 g/mol. The number of hydrogen-bond donors (Lipinski definition) is 5. The highest BCUT2D eigenvalue weighted by Crippen LogP contribution is 2.33. The minimum Gasteiger partial charge on any atom is -0.508 e. The molecule has 2 atom stereocenters. The molecule has 5 nitrogen and oxygen atoms in total. The van der Waals surface area contributed by atoms with E-state index in [1.54, 1.807) is 19.9 Å². The van der Waals surface area contributed by atoms with Crippen LogP contribution in [0.5, 0.6) is 23.0 Å². The molecule has 5 N–H and O–H groups in total. The first-order valence-electron chi connectivity index (χ1n) is 7.01. The summed E-state index contributed by atoms with van der Waals surface area (Å²) in [7, 11) is 0. The Morgan fingerprint density at radius 2 is 1.59 bits per heavy atom. The molecule has 5 heteroatoms. The van der Waals surface area contributed by atoms with Crippen LogP contribution in [0.2, 0.25) is 0 Å². The first-order chi connectivity index (χ1) is 10.3. The fourth-order valence-electron chi connectivity index (χ4n) is 2.48. The van der Waals surface area contributed by atoms with E-state index < -0.39 is 6.10 Å². The molecule has 0 radical (unpaired) electrons. The second-order valence-corrected chi connectivity index (χ2v) is 5.57. The number of hydrogen-bond acceptors (Lipinski definition) is 5. The molecule has 2 aromatic rings. The predicted molar refractivity (Wildman–Crippen MR) is 82.4 cm³/mol. The van der Waals surface area contributed by atoms with E-state index in [-0.39, 0.29) is 35.3 Å². The van der Waals surface area contributed by atoms with Crippen molar-refractivity contribution < 1.29 is 25.5 Å². The Hall–Kier alpha value is -2.40. The fraction of sp³-hybridized carbons (Fsp3) is 0.294. The topological polar surface area (TPSA) is 101 Å². The minimum atomic E-state index is -0.793. The zero-order valence-electron chi connectivity index (χ0n) is 12.5. The summed E-state index contributed by atoms with van der Waals surface area (Å²) >= 11 is 0. The molecule has 0 aliphatic rings. The summed E-state index contributed by atoms with van der Waals surface area (Å²) in [5, 5.41) is 48.6. The molecule has 0 saturated heterocycles. The van der Waals surface area contributed by atoms with Crippen LogP contribution in [0.1, 0.15) is 29.5 Å². The molecule has 22 heavy (non-hydrogen) atoms. The molecule has 0 aliphatic carbocycles. The highest BCUT2D eigenvalue weighted by atomic mass is 16.3. The molecule has 2 rings (SSSR count). The second kappa shape index (κ2) is 6.15. The van der Waals surface area contributed by atoms with Gasteiger partial charge in [0.15, 0.2) is 11.5 Å². The van der Waals surface area contributed by atoms with Gasteiger partial charge in [0.25, 0.3) is 0 Å². The van der Waals surface area contributed by atoms with Gasteiger partial charge in [-0.2, -0.15) is 0 Å². The lowest BCUT2D eigenvalue weighted by Gasteiger charge is -2.21. The summed E-state index contributed by atoms with van der Waals surface area (Å²) < 4.78 is 0. The lowest BCUT2D eigenvalue weighted by atomic mass is 9.89. The van der Waals surface area contributed by atoms with Crippen LogP contribution in [0, 0.1) is 6.92 Å². The van der Waals surface area contributed by atoms with Crippen molar-refractivity contribution in [3.05, 3.63) is 47.0 Å². The molecular formula is C17H20O5. The third-order valence-corrected chi connectivity index (χ3v) is 3.95. The Kier molecular flexibility index (Phi) is 4.47. The van der Waals surface area contributed by atoms with Gasteiger partial charge in [0.1, 0.15) is 11.5 Å². The van der Waals surface area contributed by atoms with Crippen LogP contribution in [0.4, 0.5) is 0 Å². The van der Waals surface area contributed by atoms with Gasteiger partial charge in [-0.05, 0) is 41.8 Å². The van der Waals surface area contributed by atoms with Crippen LogP contribution in [-0.2, 0) is 6.42 Å². The molecule has 0 fully saturated rings. The van der Waals surface area contributed by atoms with E-state index in [0.29, 0.717) is 16.7 Å². The average Bonchev–Trinajstić information content (AvgIpc) is 2.44. The predicted octanol–water partition coefficient (Wildman–Crippen LogP) is 2.52. The quantitative estimate of drug-likeness (QED) is 0.559. The first-order valence-corrected chi connectivity index (χ1v) is 7.01. The zero-order chi connectivity index (χ0) is 16.4. The maximum atomic E-state index is 10.4. The van der Waals surface area contributed by atoms with E-state index in [0.717, 1.165) is 0 Å². The van der Waals surface area contributed by atoms with E-state index in [1.165, 1.54) is 24.3 Å². The Bertz CT molecular complexity index is 658. The molecule has 0 aromatic heterocycles. The van der Waals surface area contributed by atoms with E-state index in [1.807, 2.05) is 0 Å². The molecular weight excluding hydrogens is 284 g/mol. The highest BCUT2D eigenvalue weighted by Gasteiger charge is 2.20. The van der Waals surface area contributed by atoms with Crippen molar-refractivity contribution in [2.75, 3.05) is 0 Å². The molecule has 0 spiro atoms. The van der Waals surface area contributed by atoms with Crippen LogP contribution in [0.15, 0.2) is 30.3 Å². The lowest BCUT2D eigenvalue weighted by Crippen LogP contribution is -2.19. The van der Waals surface area contributed by atoms with Crippen molar-refractivity contribution in [2.45, 2.75) is 32.3 Å². The van der Waals surface area contributed by atoms with Crippen molar-refractivity contribution in [1.82, 2.24) is 0 Å². The van der Waals surface area contributed by atoms with Gasteiger partial charge in [-0.25, -0.2) is 0 Å². The summed E-state index contributed by atoms with van der Waals surface area (Å²) in [5.41, 5.74) is 1.94. The van der Waals surface area contributed by atoms with Crippen LogP contribution < -0.4 is 0 Å². The number of rotatable bonds is 4. The van der Waals surface area contributed by atoms with Crippen LogP contribution in [0.3, 0.4) is 0 Å². The Balaban J connectivity index is 2.21. The number of phenols is 4. The minimum absolute atomic E-state index is 0.0234. The number of aryl methyl sites for hydroxylation is 1. The molecule has 118 valence electrons. The molecule has 2 aromatic carbocycles. The standard InChI is InChI=1S/C17H20O5/c1-9-5-12(18)7-16(21)13(9)8-15(20)10(2)11-3-4-14(19)17(22)6-11/h3-7,10,15,18-22H,8H2,1-2H3/t10-,15-/m1/s1. The summed E-state index contributed by atoms with van der Waals surface area (Å²) in [6.07, 6.45) is -0.584. The fourth-order valence-corrected chi connectivity index (χ4v) is 2.48. The number of aliphatic hydroxyl groups is 1. The summed E-state index contributed by atoms with van der Waals surface area (Å²) in [5.74, 6) is -0.834. The maximum Gasteiger partial charge on any atom is 0.157 e. The molecule has 0 bridgehead atoms. The number of phenolic OH excluding ortho intramolecular Hbond substituents is 4. The second-order valence-electron chi connectivity index (χ2n) is 5.57. The smallest absolute Gasteiger partial charge is 0.157 e. The van der Waals surface area contributed by atoms with E-state index in [9.17, 15) is 25.5 Å². The van der Waals surface area contributed by atoms with Crippen molar-refractivity contribution in [3.8, 4) is 23.0 Å². The maximum absolute atomic E-state index is 10.4. The Morgan fingerprint density at radius 3 is 2.18 bits per heavy atom. The average molecular weight is 304 g/mol. The van der Waals surface area contributed by atoms with Crippen LogP contribution in [0.25, 0.3) is 0 Å². The molecule has 0 saturated carbocycles. The Labute approximate surface area is 128 Å². The van der Waals surface area contributed by atoms with Gasteiger partial charge >= 0.3 is 0 Å². The van der Waals surface area contributed by atoms with E-state index >= 15 is 0 Å². The van der Waals surface area contributed by atoms with E-state index in [2.05, 4.69) is 0 Å². The zero-order valence-corrected chi connectivity index (χ0v) is 12.5. The first kappa shape index (κ1) is 16.0. The molecule has 0 aliphatic heterocycles. The van der Waals surface area contributed by atoms with Gasteiger partial charge in [-0.1, -0.05) is 13.0 Å². The van der Waals surface area contributed by atoms with Gasteiger partial charge in [0.05, 0.1) is 6.10 Å². The van der Waals surface area contributed by atoms with Crippen molar-refractivity contribution in [2.24, 2.45) is 0 Å². The number of aromatic hydroxyl groups is 4. The summed E-state index contributed by atoms with van der Waals surface area (Å²) in [6, 6.07) is 7.18. The van der Waals surface area contributed by atoms with Gasteiger partial charge in [0.2, 0.25) is 0 Å². The van der Waals surface area contributed by atoms with Gasteiger partial charge < -0.3 is 25.5 Å². The molecule has 0 heterocycles. The number of aliphatic hydroxyl groups excluding tert-OH is 1. The van der Waals surface area contributed by atoms with Gasteiger partial charge in [-0.15, -0.1) is 0 Å². The third-order valence-electron chi connectivity index (χ3n) is 3.95. The molecule has 0 amide bonds. The van der Waals surface area contributed by atoms with Crippen molar-refractivity contribution in [3.63, 3.8) is 0 Å². The normalized spacial score (nSPS) is 13.8. The van der Waals surface area contributed by atoms with Crippen LogP contribution in [-0.4, -0.2) is 31.6 Å². The largest absolute Gasteiger partial charge is 0.508 e. The van der Waals surface area contributed by atoms with Gasteiger partial charge in [0, 0.05) is 18.4 Å². The molecule has 0 unspecified atom stereocenters. The van der Waals surface area contributed by atoms with Crippen molar-refractivity contribution >= 4 is 0 Å². The van der Waals surface area contributed by atoms with Gasteiger partial charge in [-0.3, -0.25) is 0 Å². The lowest BCUT2D eigenvalue weighted by molar-refractivity contribution is 0.148. The highest BCUT2D eigenvalue weighted by molar-refractivity contribution is 5.46. The third kappa shape index (κ3) is 3.26. The van der Waals surface area contributed by atoms with E-state index in [4.69, 9.17) is 0 Å². The van der Waals surface area contributed by atoms with Crippen molar-refractivity contribution in [1.29, 1.82) is 0 Å². The Morgan fingerprint density at radius 1 is 0.909 bits per heavy atom. The SMILES string of the molecule is Cc1cc(O)cc(O)c1C[C@@H](O)[C@H](C)c1ccc(O)c(O)c1. The van der Waals surface area contributed by atoms with Crippen LogP contribution >= 0.6 is 0 Å².